The van der Waals surface area contributed by atoms with Gasteiger partial charge in [-0.25, -0.2) is 0 Å². The Labute approximate surface area is 88.0 Å². The zero-order valence-corrected chi connectivity index (χ0v) is 9.95. The summed E-state index contributed by atoms with van der Waals surface area (Å²) >= 11 is 0. The minimum absolute atomic E-state index is 0.322. The lowest BCUT2D eigenvalue weighted by Crippen LogP contribution is -2.29. The molecule has 1 saturated carbocycles. The highest BCUT2D eigenvalue weighted by molar-refractivity contribution is 4.79. The van der Waals surface area contributed by atoms with Gasteiger partial charge in [-0.15, -0.1) is 0 Å². The monoisotopic (exact) mass is 200 g/mol. The zero-order chi connectivity index (χ0) is 10.6. The van der Waals surface area contributed by atoms with E-state index in [-0.39, 0.29) is 0 Å². The Morgan fingerprint density at radius 3 is 2.29 bits per heavy atom. The van der Waals surface area contributed by atoms with Crippen LogP contribution in [0, 0.1) is 5.92 Å². The SMILES string of the molecule is CC(C)COC1CCCC1OC(C)C. The molecular formula is C12H24O2. The summed E-state index contributed by atoms with van der Waals surface area (Å²) in [4.78, 5) is 0. The van der Waals surface area contributed by atoms with E-state index in [9.17, 15) is 0 Å². The third kappa shape index (κ3) is 3.97. The Morgan fingerprint density at radius 1 is 1.07 bits per heavy atom. The summed E-state index contributed by atoms with van der Waals surface area (Å²) in [5, 5.41) is 0. The molecule has 0 bridgehead atoms. The van der Waals surface area contributed by atoms with Crippen LogP contribution < -0.4 is 0 Å². The molecule has 14 heavy (non-hydrogen) atoms. The van der Waals surface area contributed by atoms with Crippen LogP contribution in [0.15, 0.2) is 0 Å². The molecule has 84 valence electrons. The Morgan fingerprint density at radius 2 is 1.71 bits per heavy atom. The van der Waals surface area contributed by atoms with Gasteiger partial charge in [0.15, 0.2) is 0 Å². The first-order valence-corrected chi connectivity index (χ1v) is 5.86. The van der Waals surface area contributed by atoms with Crippen molar-refractivity contribution in [3.8, 4) is 0 Å². The first-order chi connectivity index (χ1) is 6.59. The molecule has 0 saturated heterocycles. The fourth-order valence-electron chi connectivity index (χ4n) is 1.90. The van der Waals surface area contributed by atoms with Crippen LogP contribution in [0.5, 0.6) is 0 Å². The van der Waals surface area contributed by atoms with E-state index in [0.29, 0.717) is 24.2 Å². The Balaban J connectivity index is 2.28. The van der Waals surface area contributed by atoms with Crippen molar-refractivity contribution < 1.29 is 9.47 Å². The average Bonchev–Trinajstić information content (AvgIpc) is 2.47. The highest BCUT2D eigenvalue weighted by atomic mass is 16.5. The second kappa shape index (κ2) is 5.72. The summed E-state index contributed by atoms with van der Waals surface area (Å²) in [7, 11) is 0. The maximum absolute atomic E-state index is 5.85. The summed E-state index contributed by atoms with van der Waals surface area (Å²) in [6.07, 6.45) is 4.60. The highest BCUT2D eigenvalue weighted by Crippen LogP contribution is 2.26. The molecule has 1 aliphatic carbocycles. The Hall–Kier alpha value is -0.0800. The maximum atomic E-state index is 5.85. The van der Waals surface area contributed by atoms with Crippen molar-refractivity contribution in [2.75, 3.05) is 6.61 Å². The van der Waals surface area contributed by atoms with Crippen LogP contribution in [0.2, 0.25) is 0 Å². The third-order valence-electron chi connectivity index (χ3n) is 2.48. The molecule has 0 aromatic carbocycles. The van der Waals surface area contributed by atoms with Crippen molar-refractivity contribution in [2.24, 2.45) is 5.92 Å². The van der Waals surface area contributed by atoms with Gasteiger partial charge in [0.25, 0.3) is 0 Å². The number of ether oxygens (including phenoxy) is 2. The van der Waals surface area contributed by atoms with Gasteiger partial charge in [0, 0.05) is 6.61 Å². The minimum Gasteiger partial charge on any atom is -0.375 e. The predicted octanol–water partition coefficient (Wildman–Crippen LogP) is 3.01. The van der Waals surface area contributed by atoms with E-state index in [0.717, 1.165) is 6.61 Å². The lowest BCUT2D eigenvalue weighted by atomic mass is 10.2. The van der Waals surface area contributed by atoms with Gasteiger partial charge in [0.05, 0.1) is 18.3 Å². The summed E-state index contributed by atoms with van der Waals surface area (Å²) in [5.41, 5.74) is 0. The van der Waals surface area contributed by atoms with E-state index in [1.165, 1.54) is 19.3 Å². The second-order valence-corrected chi connectivity index (χ2v) is 4.92. The average molecular weight is 200 g/mol. The first kappa shape index (κ1) is 12.0. The van der Waals surface area contributed by atoms with Crippen LogP contribution in [-0.2, 0) is 9.47 Å². The summed E-state index contributed by atoms with van der Waals surface area (Å²) < 4.78 is 11.7. The third-order valence-corrected chi connectivity index (χ3v) is 2.48. The van der Waals surface area contributed by atoms with E-state index >= 15 is 0 Å². The Bertz CT molecular complexity index is 154. The molecule has 2 nitrogen and oxygen atoms in total. The molecule has 0 radical (unpaired) electrons. The second-order valence-electron chi connectivity index (χ2n) is 4.92. The molecule has 0 amide bonds. The summed E-state index contributed by atoms with van der Waals surface area (Å²) in [5.74, 6) is 0.621. The molecule has 2 heteroatoms. The van der Waals surface area contributed by atoms with Gasteiger partial charge < -0.3 is 9.47 Å². The molecule has 2 unspecified atom stereocenters. The van der Waals surface area contributed by atoms with E-state index in [1.807, 2.05) is 0 Å². The number of hydrogen-bond acceptors (Lipinski definition) is 2. The van der Waals surface area contributed by atoms with Crippen molar-refractivity contribution in [1.29, 1.82) is 0 Å². The molecule has 2 atom stereocenters. The Kier molecular flexibility index (Phi) is 4.90. The molecule has 0 aromatic heterocycles. The maximum Gasteiger partial charge on any atom is 0.0840 e. The van der Waals surface area contributed by atoms with Gasteiger partial charge in [-0.2, -0.15) is 0 Å². The number of rotatable bonds is 5. The van der Waals surface area contributed by atoms with Gasteiger partial charge in [0.2, 0.25) is 0 Å². The lowest BCUT2D eigenvalue weighted by molar-refractivity contribution is -0.0821. The van der Waals surface area contributed by atoms with E-state index in [2.05, 4.69) is 27.7 Å². The van der Waals surface area contributed by atoms with Crippen LogP contribution in [0.25, 0.3) is 0 Å². The molecule has 1 rings (SSSR count). The van der Waals surface area contributed by atoms with Crippen LogP contribution in [0.1, 0.15) is 47.0 Å². The van der Waals surface area contributed by atoms with Gasteiger partial charge in [-0.05, 0) is 39.0 Å². The highest BCUT2D eigenvalue weighted by Gasteiger charge is 2.29. The minimum atomic E-state index is 0.322. The largest absolute Gasteiger partial charge is 0.375 e. The van der Waals surface area contributed by atoms with Crippen molar-refractivity contribution in [3.63, 3.8) is 0 Å². The first-order valence-electron chi connectivity index (χ1n) is 5.86. The smallest absolute Gasteiger partial charge is 0.0840 e. The molecule has 0 N–H and O–H groups in total. The van der Waals surface area contributed by atoms with Gasteiger partial charge in [0.1, 0.15) is 0 Å². The van der Waals surface area contributed by atoms with E-state index < -0.39 is 0 Å². The lowest BCUT2D eigenvalue weighted by Gasteiger charge is -2.23. The molecule has 1 fully saturated rings. The predicted molar refractivity (Wildman–Crippen MR) is 58.4 cm³/mol. The van der Waals surface area contributed by atoms with E-state index in [1.54, 1.807) is 0 Å². The van der Waals surface area contributed by atoms with Gasteiger partial charge >= 0.3 is 0 Å². The zero-order valence-electron chi connectivity index (χ0n) is 9.95. The molecule has 0 aliphatic heterocycles. The van der Waals surface area contributed by atoms with Crippen molar-refractivity contribution in [2.45, 2.75) is 65.3 Å². The van der Waals surface area contributed by atoms with Crippen molar-refractivity contribution >= 4 is 0 Å². The molecule has 0 spiro atoms. The van der Waals surface area contributed by atoms with Gasteiger partial charge in [-0.1, -0.05) is 13.8 Å². The van der Waals surface area contributed by atoms with E-state index in [4.69, 9.17) is 9.47 Å². The van der Waals surface area contributed by atoms with Gasteiger partial charge in [-0.3, -0.25) is 0 Å². The number of hydrogen-bond donors (Lipinski definition) is 0. The fraction of sp³-hybridized carbons (Fsp3) is 1.00. The van der Waals surface area contributed by atoms with Crippen molar-refractivity contribution in [1.82, 2.24) is 0 Å². The normalized spacial score (nSPS) is 27.9. The summed E-state index contributed by atoms with van der Waals surface area (Å²) in [6.45, 7) is 9.43. The summed E-state index contributed by atoms with van der Waals surface area (Å²) in [6, 6.07) is 0. The molecule has 0 aromatic rings. The molecule has 1 aliphatic rings. The van der Waals surface area contributed by atoms with Crippen LogP contribution in [0.4, 0.5) is 0 Å². The molecule has 0 heterocycles. The fourth-order valence-corrected chi connectivity index (χ4v) is 1.90. The topological polar surface area (TPSA) is 18.5 Å². The van der Waals surface area contributed by atoms with Crippen LogP contribution >= 0.6 is 0 Å². The van der Waals surface area contributed by atoms with Crippen LogP contribution in [0.3, 0.4) is 0 Å². The van der Waals surface area contributed by atoms with Crippen LogP contribution in [-0.4, -0.2) is 24.9 Å². The standard InChI is InChI=1S/C12H24O2/c1-9(2)8-13-11-6-5-7-12(11)14-10(3)4/h9-12H,5-8H2,1-4H3. The quantitative estimate of drug-likeness (QED) is 0.679. The molecular weight excluding hydrogens is 176 g/mol. The van der Waals surface area contributed by atoms with Crippen molar-refractivity contribution in [3.05, 3.63) is 0 Å².